The van der Waals surface area contributed by atoms with Gasteiger partial charge in [0.15, 0.2) is 6.10 Å². The number of H-pyrrole nitrogens is 1. The number of hydrogen-bond acceptors (Lipinski definition) is 2. The van der Waals surface area contributed by atoms with Crippen LogP contribution in [0.3, 0.4) is 0 Å². The Balaban J connectivity index is 1.93. The average Bonchev–Trinajstić information content (AvgIpc) is 3.00. The third-order valence-electron chi connectivity index (χ3n) is 3.65. The van der Waals surface area contributed by atoms with Gasteiger partial charge in [-0.15, -0.1) is 0 Å². The van der Waals surface area contributed by atoms with Crippen molar-refractivity contribution < 1.29 is 13.9 Å². The lowest BCUT2D eigenvalue weighted by molar-refractivity contribution is 0.0458. The van der Waals surface area contributed by atoms with Gasteiger partial charge >= 0.3 is 5.97 Å². The van der Waals surface area contributed by atoms with Gasteiger partial charge < -0.3 is 9.72 Å². The zero-order valence-corrected chi connectivity index (χ0v) is 10.4. The molecular formula is C16H10FNO2. The van der Waals surface area contributed by atoms with Gasteiger partial charge in [-0.1, -0.05) is 18.2 Å². The molecule has 0 saturated heterocycles. The van der Waals surface area contributed by atoms with E-state index in [9.17, 15) is 9.18 Å². The number of halogens is 1. The van der Waals surface area contributed by atoms with E-state index in [-0.39, 0.29) is 11.8 Å². The van der Waals surface area contributed by atoms with Crippen LogP contribution in [-0.2, 0) is 4.74 Å². The molecule has 0 saturated carbocycles. The predicted molar refractivity (Wildman–Crippen MR) is 72.0 cm³/mol. The Labute approximate surface area is 114 Å². The molecular weight excluding hydrogens is 257 g/mol. The van der Waals surface area contributed by atoms with Crippen LogP contribution in [0.5, 0.6) is 0 Å². The third kappa shape index (κ3) is 1.48. The fraction of sp³-hybridized carbons (Fsp3) is 0.0625. The lowest BCUT2D eigenvalue weighted by Gasteiger charge is -2.09. The van der Waals surface area contributed by atoms with Crippen LogP contribution in [-0.4, -0.2) is 11.0 Å². The third-order valence-corrected chi connectivity index (χ3v) is 3.65. The molecule has 3 aromatic rings. The molecule has 1 aliphatic heterocycles. The fourth-order valence-electron chi connectivity index (χ4n) is 2.71. The predicted octanol–water partition coefficient (Wildman–Crippen LogP) is 3.57. The summed E-state index contributed by atoms with van der Waals surface area (Å²) in [5.41, 5.74) is 2.99. The maximum absolute atomic E-state index is 13.4. The summed E-state index contributed by atoms with van der Waals surface area (Å²) in [5.74, 6) is -0.646. The number of esters is 1. The van der Waals surface area contributed by atoms with Gasteiger partial charge in [-0.3, -0.25) is 0 Å². The summed E-state index contributed by atoms with van der Waals surface area (Å²) < 4.78 is 18.9. The SMILES string of the molecule is O=C1OC(c2c[nH]c3ccc(F)cc23)c2ccccc21. The number of carbonyl (C=O) groups excluding carboxylic acids is 1. The van der Waals surface area contributed by atoms with Crippen LogP contribution in [0.1, 0.15) is 27.6 Å². The summed E-state index contributed by atoms with van der Waals surface area (Å²) in [4.78, 5) is 14.9. The molecule has 0 radical (unpaired) electrons. The highest BCUT2D eigenvalue weighted by Crippen LogP contribution is 2.38. The standard InChI is InChI=1S/C16H10FNO2/c17-9-5-6-14-12(7-9)13(8-18-14)15-10-3-1-2-4-11(10)16(19)20-15/h1-8,15,18H. The van der Waals surface area contributed by atoms with Gasteiger partial charge in [0, 0.05) is 28.2 Å². The summed E-state index contributed by atoms with van der Waals surface area (Å²) >= 11 is 0. The van der Waals surface area contributed by atoms with E-state index in [4.69, 9.17) is 4.74 Å². The van der Waals surface area contributed by atoms with Crippen molar-refractivity contribution in [1.29, 1.82) is 0 Å². The Hall–Kier alpha value is -2.62. The van der Waals surface area contributed by atoms with Crippen LogP contribution in [0.4, 0.5) is 4.39 Å². The van der Waals surface area contributed by atoms with Gasteiger partial charge in [-0.05, 0) is 24.3 Å². The highest BCUT2D eigenvalue weighted by Gasteiger charge is 2.33. The van der Waals surface area contributed by atoms with E-state index in [1.165, 1.54) is 12.1 Å². The van der Waals surface area contributed by atoms with Crippen molar-refractivity contribution in [3.8, 4) is 0 Å². The molecule has 0 spiro atoms. The molecule has 1 aromatic heterocycles. The van der Waals surface area contributed by atoms with Gasteiger partial charge in [-0.25, -0.2) is 9.18 Å². The smallest absolute Gasteiger partial charge is 0.339 e. The van der Waals surface area contributed by atoms with Crippen molar-refractivity contribution in [1.82, 2.24) is 4.98 Å². The maximum atomic E-state index is 13.4. The summed E-state index contributed by atoms with van der Waals surface area (Å²) in [6, 6.07) is 11.8. The molecule has 98 valence electrons. The van der Waals surface area contributed by atoms with Crippen molar-refractivity contribution in [3.63, 3.8) is 0 Å². The van der Waals surface area contributed by atoms with E-state index >= 15 is 0 Å². The average molecular weight is 267 g/mol. The molecule has 0 aliphatic carbocycles. The second-order valence-electron chi connectivity index (χ2n) is 4.81. The molecule has 1 atom stereocenters. The number of cyclic esters (lactones) is 1. The number of ether oxygens (including phenoxy) is 1. The second kappa shape index (κ2) is 3.93. The van der Waals surface area contributed by atoms with Gasteiger partial charge in [-0.2, -0.15) is 0 Å². The first-order valence-corrected chi connectivity index (χ1v) is 6.30. The fourth-order valence-corrected chi connectivity index (χ4v) is 2.71. The number of rotatable bonds is 1. The number of aromatic nitrogens is 1. The van der Waals surface area contributed by atoms with Crippen molar-refractivity contribution in [3.05, 3.63) is 71.2 Å². The molecule has 20 heavy (non-hydrogen) atoms. The van der Waals surface area contributed by atoms with Crippen LogP contribution in [0.25, 0.3) is 10.9 Å². The highest BCUT2D eigenvalue weighted by atomic mass is 19.1. The Morgan fingerprint density at radius 1 is 1.10 bits per heavy atom. The van der Waals surface area contributed by atoms with E-state index in [0.29, 0.717) is 5.56 Å². The van der Waals surface area contributed by atoms with Crippen LogP contribution < -0.4 is 0 Å². The van der Waals surface area contributed by atoms with E-state index in [1.54, 1.807) is 24.4 Å². The van der Waals surface area contributed by atoms with Gasteiger partial charge in [0.25, 0.3) is 0 Å². The minimum atomic E-state index is -0.478. The minimum Gasteiger partial charge on any atom is -0.449 e. The number of carbonyl (C=O) groups is 1. The lowest BCUT2D eigenvalue weighted by atomic mass is 9.99. The second-order valence-corrected chi connectivity index (χ2v) is 4.81. The first kappa shape index (κ1) is 11.2. The molecule has 4 heteroatoms. The molecule has 2 heterocycles. The molecule has 0 fully saturated rings. The Morgan fingerprint density at radius 2 is 1.95 bits per heavy atom. The number of nitrogens with one attached hydrogen (secondary N) is 1. The van der Waals surface area contributed by atoms with Crippen LogP contribution in [0.2, 0.25) is 0 Å². The largest absolute Gasteiger partial charge is 0.449 e. The molecule has 1 aliphatic rings. The zero-order valence-electron chi connectivity index (χ0n) is 10.4. The first-order valence-electron chi connectivity index (χ1n) is 6.30. The quantitative estimate of drug-likeness (QED) is 0.685. The normalized spacial score (nSPS) is 17.2. The Morgan fingerprint density at radius 3 is 2.85 bits per heavy atom. The topological polar surface area (TPSA) is 42.1 Å². The van der Waals surface area contributed by atoms with Crippen molar-refractivity contribution in [2.24, 2.45) is 0 Å². The summed E-state index contributed by atoms with van der Waals surface area (Å²) in [5, 5.41) is 0.736. The zero-order chi connectivity index (χ0) is 13.7. The number of aromatic amines is 1. The summed E-state index contributed by atoms with van der Waals surface area (Å²) in [6.07, 6.45) is 1.29. The van der Waals surface area contributed by atoms with E-state index in [2.05, 4.69) is 4.98 Å². The van der Waals surface area contributed by atoms with Crippen molar-refractivity contribution in [2.75, 3.05) is 0 Å². The molecule has 1 N–H and O–H groups in total. The first-order chi connectivity index (χ1) is 9.74. The van der Waals surface area contributed by atoms with E-state index in [1.807, 2.05) is 12.1 Å². The van der Waals surface area contributed by atoms with E-state index < -0.39 is 6.10 Å². The number of benzene rings is 2. The molecule has 3 nitrogen and oxygen atoms in total. The van der Waals surface area contributed by atoms with Gasteiger partial charge in [0.05, 0.1) is 5.56 Å². The van der Waals surface area contributed by atoms with E-state index in [0.717, 1.165) is 22.0 Å². The minimum absolute atomic E-state index is 0.309. The van der Waals surface area contributed by atoms with Crippen molar-refractivity contribution >= 4 is 16.9 Å². The molecule has 4 rings (SSSR count). The Bertz CT molecular complexity index is 837. The number of fused-ring (bicyclic) bond motifs is 2. The molecule has 0 amide bonds. The molecule has 2 aromatic carbocycles. The lowest BCUT2D eigenvalue weighted by Crippen LogP contribution is -1.99. The summed E-state index contributed by atoms with van der Waals surface area (Å²) in [6.45, 7) is 0. The highest BCUT2D eigenvalue weighted by molar-refractivity contribution is 5.95. The molecule has 0 bridgehead atoms. The summed E-state index contributed by atoms with van der Waals surface area (Å²) in [7, 11) is 0. The van der Waals surface area contributed by atoms with Crippen molar-refractivity contribution in [2.45, 2.75) is 6.10 Å². The van der Waals surface area contributed by atoms with Crippen LogP contribution in [0.15, 0.2) is 48.7 Å². The van der Waals surface area contributed by atoms with Crippen LogP contribution >= 0.6 is 0 Å². The molecule has 1 unspecified atom stereocenters. The number of hydrogen-bond donors (Lipinski definition) is 1. The maximum Gasteiger partial charge on any atom is 0.339 e. The monoisotopic (exact) mass is 267 g/mol. The Kier molecular flexibility index (Phi) is 2.21. The van der Waals surface area contributed by atoms with Gasteiger partial charge in [0.1, 0.15) is 5.82 Å². The van der Waals surface area contributed by atoms with Crippen LogP contribution in [0, 0.1) is 5.82 Å². The van der Waals surface area contributed by atoms with Gasteiger partial charge in [0.2, 0.25) is 0 Å².